The van der Waals surface area contributed by atoms with Crippen molar-refractivity contribution in [2.45, 2.75) is 22.9 Å². The smallest absolute Gasteiger partial charge is 0.190 e. The number of aromatic nitrogens is 3. The summed E-state index contributed by atoms with van der Waals surface area (Å²) in [6, 6.07) is 7.77. The van der Waals surface area contributed by atoms with E-state index in [-0.39, 0.29) is 0 Å². The van der Waals surface area contributed by atoms with Crippen molar-refractivity contribution in [2.24, 2.45) is 0 Å². The van der Waals surface area contributed by atoms with Gasteiger partial charge in [-0.3, -0.25) is 4.98 Å². The summed E-state index contributed by atoms with van der Waals surface area (Å²) in [7, 11) is 0. The average Bonchev–Trinajstić information content (AvgIpc) is 2.36. The molecule has 0 bridgehead atoms. The molecule has 0 saturated heterocycles. The number of pyridine rings is 1. The van der Waals surface area contributed by atoms with Crippen LogP contribution in [0.5, 0.6) is 0 Å². The molecule has 4 nitrogen and oxygen atoms in total. The van der Waals surface area contributed by atoms with Gasteiger partial charge in [-0.25, -0.2) is 9.97 Å². The van der Waals surface area contributed by atoms with Crippen molar-refractivity contribution in [3.05, 3.63) is 35.7 Å². The van der Waals surface area contributed by atoms with E-state index in [9.17, 15) is 0 Å². The summed E-state index contributed by atoms with van der Waals surface area (Å²) in [6.07, 6.45) is 1.97. The summed E-state index contributed by atoms with van der Waals surface area (Å²) in [5, 5.41) is 1.59. The first-order valence-electron chi connectivity index (χ1n) is 5.41. The Morgan fingerprint density at radius 2 is 2.06 bits per heavy atom. The van der Waals surface area contributed by atoms with E-state index in [2.05, 4.69) is 15.0 Å². The zero-order valence-corrected chi connectivity index (χ0v) is 11.9. The number of hydrogen-bond donors (Lipinski definition) is 1. The van der Waals surface area contributed by atoms with Crippen molar-refractivity contribution >= 4 is 29.3 Å². The summed E-state index contributed by atoms with van der Waals surface area (Å²) in [6.45, 7) is 1.98. The van der Waals surface area contributed by atoms with Crippen LogP contribution in [0.1, 0.15) is 11.4 Å². The van der Waals surface area contributed by atoms with Crippen LogP contribution in [0.3, 0.4) is 0 Å². The van der Waals surface area contributed by atoms with Crippen LogP contribution in [0.15, 0.2) is 34.4 Å². The highest BCUT2D eigenvalue weighted by Gasteiger charge is 2.04. The first kappa shape index (κ1) is 13.2. The number of nitrogens with zero attached hydrogens (tertiary/aromatic N) is 3. The van der Waals surface area contributed by atoms with Gasteiger partial charge in [-0.2, -0.15) is 0 Å². The normalized spacial score (nSPS) is 10.6. The first-order valence-corrected chi connectivity index (χ1v) is 7.62. The quantitative estimate of drug-likeness (QED) is 0.527. The minimum absolute atomic E-state index is 0.508. The lowest BCUT2D eigenvalue weighted by molar-refractivity contribution is 0.899. The standard InChI is InChI=1S/C12H14N4S2/c1-8-4-3-5-9(14-8)7-18-12-15-10(13)6-11(16-12)17-2/h3-6H,7H2,1-2H3,(H2,13,15,16). The lowest BCUT2D eigenvalue weighted by atomic mass is 10.3. The maximum absolute atomic E-state index is 5.73. The molecular formula is C12H14N4S2. The topological polar surface area (TPSA) is 64.7 Å². The Hall–Kier alpha value is -1.27. The van der Waals surface area contributed by atoms with Gasteiger partial charge in [0.25, 0.3) is 0 Å². The van der Waals surface area contributed by atoms with Crippen molar-refractivity contribution in [3.63, 3.8) is 0 Å². The fraction of sp³-hybridized carbons (Fsp3) is 0.250. The number of thioether (sulfide) groups is 2. The van der Waals surface area contributed by atoms with Crippen LogP contribution in [-0.4, -0.2) is 21.2 Å². The molecule has 18 heavy (non-hydrogen) atoms. The molecule has 6 heteroatoms. The largest absolute Gasteiger partial charge is 0.384 e. The molecule has 2 heterocycles. The van der Waals surface area contributed by atoms with Gasteiger partial charge in [-0.05, 0) is 25.3 Å². The summed E-state index contributed by atoms with van der Waals surface area (Å²) < 4.78 is 0. The van der Waals surface area contributed by atoms with Gasteiger partial charge in [-0.1, -0.05) is 17.8 Å². The molecule has 0 aliphatic carbocycles. The number of aryl methyl sites for hydroxylation is 1. The highest BCUT2D eigenvalue weighted by atomic mass is 32.2. The van der Waals surface area contributed by atoms with Gasteiger partial charge in [0.05, 0.1) is 5.69 Å². The number of nitrogens with two attached hydrogens (primary N) is 1. The van der Waals surface area contributed by atoms with Gasteiger partial charge in [0.1, 0.15) is 10.8 Å². The zero-order valence-electron chi connectivity index (χ0n) is 10.3. The zero-order chi connectivity index (χ0) is 13.0. The molecule has 2 aromatic heterocycles. The molecule has 0 atom stereocenters. The second-order valence-electron chi connectivity index (χ2n) is 3.68. The second kappa shape index (κ2) is 6.06. The van der Waals surface area contributed by atoms with Gasteiger partial charge in [-0.15, -0.1) is 11.8 Å². The molecule has 0 spiro atoms. The second-order valence-corrected chi connectivity index (χ2v) is 5.45. The van der Waals surface area contributed by atoms with E-state index >= 15 is 0 Å². The van der Waals surface area contributed by atoms with E-state index in [0.717, 1.165) is 22.2 Å². The Bertz CT molecular complexity index is 545. The summed E-state index contributed by atoms with van der Waals surface area (Å²) in [5.74, 6) is 1.26. The van der Waals surface area contributed by atoms with Gasteiger partial charge in [0, 0.05) is 17.5 Å². The fourth-order valence-corrected chi connectivity index (χ4v) is 2.65. The van der Waals surface area contributed by atoms with Gasteiger partial charge in [0.2, 0.25) is 0 Å². The minimum atomic E-state index is 0.508. The van der Waals surface area contributed by atoms with Crippen molar-refractivity contribution in [3.8, 4) is 0 Å². The van der Waals surface area contributed by atoms with Crippen molar-refractivity contribution in [1.29, 1.82) is 0 Å². The molecule has 94 valence electrons. The molecule has 0 unspecified atom stereocenters. The molecule has 2 aromatic rings. The van der Waals surface area contributed by atoms with E-state index in [1.54, 1.807) is 29.6 Å². The highest BCUT2D eigenvalue weighted by Crippen LogP contribution is 2.22. The van der Waals surface area contributed by atoms with Crippen molar-refractivity contribution in [1.82, 2.24) is 15.0 Å². The Kier molecular flexibility index (Phi) is 4.43. The number of anilines is 1. The van der Waals surface area contributed by atoms with Crippen LogP contribution in [-0.2, 0) is 5.75 Å². The molecular weight excluding hydrogens is 264 g/mol. The van der Waals surface area contributed by atoms with Crippen LogP contribution in [0.25, 0.3) is 0 Å². The molecule has 0 aliphatic heterocycles. The molecule has 0 aliphatic rings. The Morgan fingerprint density at radius 1 is 1.22 bits per heavy atom. The average molecular weight is 278 g/mol. The maximum atomic E-state index is 5.73. The summed E-state index contributed by atoms with van der Waals surface area (Å²) in [5.41, 5.74) is 7.78. The van der Waals surface area contributed by atoms with E-state index in [1.807, 2.05) is 31.4 Å². The van der Waals surface area contributed by atoms with Crippen LogP contribution in [0.4, 0.5) is 5.82 Å². The Labute approximate surface area is 115 Å². The Morgan fingerprint density at radius 3 is 2.78 bits per heavy atom. The predicted octanol–water partition coefficient (Wildman–Crippen LogP) is 2.78. The van der Waals surface area contributed by atoms with E-state index < -0.39 is 0 Å². The van der Waals surface area contributed by atoms with Crippen LogP contribution in [0.2, 0.25) is 0 Å². The SMILES string of the molecule is CSc1cc(N)nc(SCc2cccc(C)n2)n1. The molecule has 2 rings (SSSR count). The van der Waals surface area contributed by atoms with Crippen LogP contribution < -0.4 is 5.73 Å². The first-order chi connectivity index (χ1) is 8.67. The molecule has 0 fully saturated rings. The third-order valence-electron chi connectivity index (χ3n) is 2.21. The van der Waals surface area contributed by atoms with Crippen molar-refractivity contribution in [2.75, 3.05) is 12.0 Å². The molecule has 0 radical (unpaired) electrons. The summed E-state index contributed by atoms with van der Waals surface area (Å²) >= 11 is 3.11. The van der Waals surface area contributed by atoms with Crippen LogP contribution >= 0.6 is 23.5 Å². The summed E-state index contributed by atoms with van der Waals surface area (Å²) in [4.78, 5) is 13.0. The van der Waals surface area contributed by atoms with Crippen molar-refractivity contribution < 1.29 is 0 Å². The van der Waals surface area contributed by atoms with Gasteiger partial charge < -0.3 is 5.73 Å². The Balaban J connectivity index is 2.08. The highest BCUT2D eigenvalue weighted by molar-refractivity contribution is 7.99. The van der Waals surface area contributed by atoms with E-state index in [4.69, 9.17) is 5.73 Å². The third-order valence-corrected chi connectivity index (χ3v) is 3.71. The monoisotopic (exact) mass is 278 g/mol. The maximum Gasteiger partial charge on any atom is 0.190 e. The molecule has 0 aromatic carbocycles. The fourth-order valence-electron chi connectivity index (χ4n) is 1.41. The lowest BCUT2D eigenvalue weighted by Gasteiger charge is -2.04. The number of rotatable bonds is 4. The molecule has 0 amide bonds. The molecule has 2 N–H and O–H groups in total. The number of hydrogen-bond acceptors (Lipinski definition) is 6. The number of nitrogen functional groups attached to an aromatic ring is 1. The van der Waals surface area contributed by atoms with Crippen LogP contribution in [0, 0.1) is 6.92 Å². The van der Waals surface area contributed by atoms with Gasteiger partial charge >= 0.3 is 0 Å². The third kappa shape index (κ3) is 3.61. The predicted molar refractivity (Wildman–Crippen MR) is 76.8 cm³/mol. The van der Waals surface area contributed by atoms with Gasteiger partial charge in [0.15, 0.2) is 5.16 Å². The van der Waals surface area contributed by atoms with E-state index in [1.165, 1.54) is 0 Å². The molecule has 0 saturated carbocycles. The van der Waals surface area contributed by atoms with E-state index in [0.29, 0.717) is 11.0 Å². The lowest BCUT2D eigenvalue weighted by Crippen LogP contribution is -1.97. The minimum Gasteiger partial charge on any atom is -0.384 e.